The molecule has 1 rings (SSSR count). The Bertz CT molecular complexity index is 263. The quantitative estimate of drug-likeness (QED) is 0.656. The predicted octanol–water partition coefficient (Wildman–Crippen LogP) is 2.74. The summed E-state index contributed by atoms with van der Waals surface area (Å²) >= 11 is 0. The number of nitrogens with one attached hydrogen (secondary N) is 1. The second-order valence-corrected chi connectivity index (χ2v) is 6.24. The highest BCUT2D eigenvalue weighted by Crippen LogP contribution is 2.10. The molecule has 1 saturated heterocycles. The largest absolute Gasteiger partial charge is 0.313 e. The van der Waals surface area contributed by atoms with Gasteiger partial charge in [-0.05, 0) is 59.3 Å². The molecule has 1 aliphatic heterocycles. The van der Waals surface area contributed by atoms with E-state index < -0.39 is 0 Å². The minimum absolute atomic E-state index is 0.735. The van der Waals surface area contributed by atoms with Crippen molar-refractivity contribution in [3.8, 4) is 0 Å². The van der Waals surface area contributed by atoms with Crippen LogP contribution >= 0.6 is 0 Å². The fraction of sp³-hybridized carbons (Fsp3) is 0.882. The Morgan fingerprint density at radius 1 is 1.20 bits per heavy atom. The summed E-state index contributed by atoms with van der Waals surface area (Å²) in [5.41, 5.74) is 1.43. The summed E-state index contributed by atoms with van der Waals surface area (Å²) in [6, 6.07) is 0.735. The van der Waals surface area contributed by atoms with Crippen LogP contribution in [0.1, 0.15) is 47.0 Å². The van der Waals surface area contributed by atoms with Crippen molar-refractivity contribution in [1.29, 1.82) is 0 Å². The molecule has 0 atom stereocenters. The summed E-state index contributed by atoms with van der Waals surface area (Å²) in [5, 5.41) is 3.75. The molecule has 118 valence electrons. The second-order valence-electron chi connectivity index (χ2n) is 6.24. The molecule has 0 saturated carbocycles. The zero-order chi connectivity index (χ0) is 14.8. The molecule has 3 heteroatoms. The van der Waals surface area contributed by atoms with Crippen molar-refractivity contribution in [1.82, 2.24) is 15.1 Å². The van der Waals surface area contributed by atoms with E-state index in [1.807, 2.05) is 0 Å². The lowest BCUT2D eigenvalue weighted by atomic mass is 10.0. The molecule has 0 bridgehead atoms. The zero-order valence-corrected chi connectivity index (χ0v) is 14.1. The Morgan fingerprint density at radius 3 is 2.45 bits per heavy atom. The summed E-state index contributed by atoms with van der Waals surface area (Å²) in [7, 11) is 0. The molecule has 0 aromatic rings. The van der Waals surface area contributed by atoms with Gasteiger partial charge in [0.25, 0.3) is 0 Å². The van der Waals surface area contributed by atoms with Gasteiger partial charge in [-0.2, -0.15) is 0 Å². The van der Waals surface area contributed by atoms with Gasteiger partial charge in [0.15, 0.2) is 0 Å². The van der Waals surface area contributed by atoms with Gasteiger partial charge in [-0.25, -0.2) is 0 Å². The fourth-order valence-corrected chi connectivity index (χ4v) is 2.80. The summed E-state index contributed by atoms with van der Waals surface area (Å²) < 4.78 is 0. The molecule has 0 aromatic heterocycles. The number of piperidine rings is 1. The predicted molar refractivity (Wildman–Crippen MR) is 89.3 cm³/mol. The van der Waals surface area contributed by atoms with E-state index in [-0.39, 0.29) is 0 Å². The van der Waals surface area contributed by atoms with Crippen molar-refractivity contribution in [3.05, 3.63) is 11.6 Å². The first-order chi connectivity index (χ1) is 9.65. The smallest absolute Gasteiger partial charge is 0.0165 e. The molecule has 0 radical (unpaired) electrons. The number of hydrogen-bond donors (Lipinski definition) is 1. The van der Waals surface area contributed by atoms with Crippen molar-refractivity contribution in [2.24, 2.45) is 0 Å². The third-order valence-corrected chi connectivity index (χ3v) is 4.19. The van der Waals surface area contributed by atoms with Gasteiger partial charge in [-0.15, -0.1) is 0 Å². The molecular formula is C17H35N3. The zero-order valence-electron chi connectivity index (χ0n) is 14.1. The van der Waals surface area contributed by atoms with Crippen LogP contribution in [0.5, 0.6) is 0 Å². The number of likely N-dealkylation sites (tertiary alicyclic amines) is 1. The Kier molecular flexibility index (Phi) is 9.16. The number of allylic oxidation sites excluding steroid dienone is 1. The highest BCUT2D eigenvalue weighted by Gasteiger charge is 2.17. The van der Waals surface area contributed by atoms with E-state index in [0.717, 1.165) is 19.1 Å². The van der Waals surface area contributed by atoms with Gasteiger partial charge in [0.05, 0.1) is 0 Å². The van der Waals surface area contributed by atoms with Crippen LogP contribution in [0, 0.1) is 0 Å². The van der Waals surface area contributed by atoms with E-state index in [2.05, 4.69) is 48.9 Å². The fourth-order valence-electron chi connectivity index (χ4n) is 2.80. The Balaban J connectivity index is 2.11. The SMILES string of the molecule is CCCN(CC)CCNC1CCN(CC=C(C)C)CC1. The van der Waals surface area contributed by atoms with Gasteiger partial charge >= 0.3 is 0 Å². The minimum atomic E-state index is 0.735. The average Bonchev–Trinajstić information content (AvgIpc) is 2.45. The first-order valence-electron chi connectivity index (χ1n) is 8.47. The molecule has 3 nitrogen and oxygen atoms in total. The lowest BCUT2D eigenvalue weighted by molar-refractivity contribution is 0.208. The van der Waals surface area contributed by atoms with Gasteiger partial charge in [0, 0.05) is 25.7 Å². The molecule has 1 fully saturated rings. The highest BCUT2D eigenvalue weighted by molar-refractivity contribution is 4.95. The first-order valence-corrected chi connectivity index (χ1v) is 8.47. The lowest BCUT2D eigenvalue weighted by Gasteiger charge is -2.32. The van der Waals surface area contributed by atoms with Crippen LogP contribution < -0.4 is 5.32 Å². The van der Waals surface area contributed by atoms with Gasteiger partial charge in [0.1, 0.15) is 0 Å². The number of likely N-dealkylation sites (N-methyl/N-ethyl adjacent to an activating group) is 1. The van der Waals surface area contributed by atoms with Crippen molar-refractivity contribution < 1.29 is 0 Å². The first kappa shape index (κ1) is 17.7. The standard InChI is InChI=1S/C17H35N3/c1-5-11-19(6-2)15-10-18-17-8-13-20(14-9-17)12-7-16(3)4/h7,17-18H,5-6,8-15H2,1-4H3. The van der Waals surface area contributed by atoms with Crippen LogP contribution in [0.4, 0.5) is 0 Å². The maximum atomic E-state index is 3.75. The van der Waals surface area contributed by atoms with Crippen LogP contribution in [-0.2, 0) is 0 Å². The molecule has 0 amide bonds. The highest BCUT2D eigenvalue weighted by atomic mass is 15.2. The lowest BCUT2D eigenvalue weighted by Crippen LogP contribution is -2.44. The second kappa shape index (κ2) is 10.4. The third kappa shape index (κ3) is 7.41. The van der Waals surface area contributed by atoms with E-state index in [1.54, 1.807) is 0 Å². The Hall–Kier alpha value is -0.380. The number of rotatable bonds is 9. The summed E-state index contributed by atoms with van der Waals surface area (Å²) in [6.45, 7) is 17.3. The summed E-state index contributed by atoms with van der Waals surface area (Å²) in [4.78, 5) is 5.11. The van der Waals surface area contributed by atoms with Gasteiger partial charge in [0.2, 0.25) is 0 Å². The third-order valence-electron chi connectivity index (χ3n) is 4.19. The van der Waals surface area contributed by atoms with Gasteiger partial charge in [-0.3, -0.25) is 4.90 Å². The van der Waals surface area contributed by atoms with E-state index in [4.69, 9.17) is 0 Å². The molecule has 0 aromatic carbocycles. The van der Waals surface area contributed by atoms with Crippen LogP contribution in [0.25, 0.3) is 0 Å². The molecule has 1 aliphatic rings. The van der Waals surface area contributed by atoms with E-state index >= 15 is 0 Å². The summed E-state index contributed by atoms with van der Waals surface area (Å²) in [5.74, 6) is 0. The molecule has 0 aliphatic carbocycles. The van der Waals surface area contributed by atoms with E-state index in [1.165, 1.54) is 57.6 Å². The van der Waals surface area contributed by atoms with Crippen molar-refractivity contribution in [2.75, 3.05) is 45.8 Å². The number of nitrogens with zero attached hydrogens (tertiary/aromatic N) is 2. The van der Waals surface area contributed by atoms with Crippen LogP contribution in [0.15, 0.2) is 11.6 Å². The summed E-state index contributed by atoms with van der Waals surface area (Å²) in [6.07, 6.45) is 6.21. The molecule has 0 unspecified atom stereocenters. The van der Waals surface area contributed by atoms with Crippen LogP contribution in [-0.4, -0.2) is 61.7 Å². The van der Waals surface area contributed by atoms with Gasteiger partial charge in [-0.1, -0.05) is 25.5 Å². The maximum absolute atomic E-state index is 3.75. The average molecular weight is 281 g/mol. The topological polar surface area (TPSA) is 18.5 Å². The molecule has 20 heavy (non-hydrogen) atoms. The van der Waals surface area contributed by atoms with Crippen molar-refractivity contribution in [3.63, 3.8) is 0 Å². The molecular weight excluding hydrogens is 246 g/mol. The Labute approximate surface area is 126 Å². The minimum Gasteiger partial charge on any atom is -0.313 e. The van der Waals surface area contributed by atoms with Gasteiger partial charge < -0.3 is 10.2 Å². The van der Waals surface area contributed by atoms with Crippen molar-refractivity contribution in [2.45, 2.75) is 53.0 Å². The van der Waals surface area contributed by atoms with E-state index in [0.29, 0.717) is 0 Å². The monoisotopic (exact) mass is 281 g/mol. The van der Waals surface area contributed by atoms with Crippen LogP contribution in [0.2, 0.25) is 0 Å². The molecule has 0 spiro atoms. The molecule has 1 heterocycles. The van der Waals surface area contributed by atoms with Crippen molar-refractivity contribution >= 4 is 0 Å². The Morgan fingerprint density at radius 2 is 1.90 bits per heavy atom. The van der Waals surface area contributed by atoms with E-state index in [9.17, 15) is 0 Å². The maximum Gasteiger partial charge on any atom is 0.0165 e. The van der Waals surface area contributed by atoms with Crippen LogP contribution in [0.3, 0.4) is 0 Å². The number of hydrogen-bond acceptors (Lipinski definition) is 3. The molecule has 1 N–H and O–H groups in total. The normalized spacial score (nSPS) is 17.6.